The van der Waals surface area contributed by atoms with Crippen molar-refractivity contribution in [2.45, 2.75) is 45.1 Å². The van der Waals surface area contributed by atoms with Crippen molar-refractivity contribution < 1.29 is 0 Å². The van der Waals surface area contributed by atoms with E-state index in [1.165, 1.54) is 32.1 Å². The molecule has 1 heterocycles. The molecule has 0 amide bonds. The number of aromatic nitrogens is 2. The molecule has 2 rings (SSSR count). The molecule has 0 aliphatic heterocycles. The van der Waals surface area contributed by atoms with Crippen molar-refractivity contribution in [3.63, 3.8) is 0 Å². The largest absolute Gasteiger partial charge is 0.366 e. The molecule has 1 saturated carbocycles. The summed E-state index contributed by atoms with van der Waals surface area (Å²) < 4.78 is 0.942. The Morgan fingerprint density at radius 1 is 1.38 bits per heavy atom. The SMILES string of the molecule is CC(Nc1ncncc1Br)C1CCCCC1. The first-order valence-electron chi connectivity index (χ1n) is 5.99. The first kappa shape index (κ1) is 11.8. The topological polar surface area (TPSA) is 37.8 Å². The van der Waals surface area contributed by atoms with E-state index >= 15 is 0 Å². The normalized spacial score (nSPS) is 19.4. The van der Waals surface area contributed by atoms with Crippen molar-refractivity contribution in [1.82, 2.24) is 9.97 Å². The average Bonchev–Trinajstić information content (AvgIpc) is 2.33. The Morgan fingerprint density at radius 2 is 2.12 bits per heavy atom. The van der Waals surface area contributed by atoms with Crippen LogP contribution in [-0.4, -0.2) is 16.0 Å². The molecule has 1 unspecified atom stereocenters. The van der Waals surface area contributed by atoms with Crippen LogP contribution in [0.5, 0.6) is 0 Å². The number of nitrogens with zero attached hydrogens (tertiary/aromatic N) is 2. The van der Waals surface area contributed by atoms with Crippen LogP contribution in [0.1, 0.15) is 39.0 Å². The summed E-state index contributed by atoms with van der Waals surface area (Å²) in [5.41, 5.74) is 0. The molecular formula is C12H18BrN3. The van der Waals surface area contributed by atoms with Crippen LogP contribution in [0.2, 0.25) is 0 Å². The van der Waals surface area contributed by atoms with Gasteiger partial charge in [0.05, 0.1) is 4.47 Å². The minimum absolute atomic E-state index is 0.492. The Morgan fingerprint density at radius 3 is 2.81 bits per heavy atom. The monoisotopic (exact) mass is 283 g/mol. The van der Waals surface area contributed by atoms with E-state index in [1.54, 1.807) is 12.5 Å². The number of nitrogens with one attached hydrogen (secondary N) is 1. The standard InChI is InChI=1S/C12H18BrN3/c1-9(10-5-3-2-4-6-10)16-12-11(13)7-14-8-15-12/h7-10H,2-6H2,1H3,(H,14,15,16). The molecule has 1 aromatic rings. The maximum Gasteiger partial charge on any atom is 0.143 e. The average molecular weight is 284 g/mol. The van der Waals surface area contributed by atoms with Crippen LogP contribution in [0, 0.1) is 5.92 Å². The van der Waals surface area contributed by atoms with Crippen molar-refractivity contribution in [3.8, 4) is 0 Å². The Balaban J connectivity index is 1.96. The zero-order valence-electron chi connectivity index (χ0n) is 9.62. The molecule has 1 N–H and O–H groups in total. The molecule has 1 aliphatic rings. The van der Waals surface area contributed by atoms with Crippen LogP contribution in [0.15, 0.2) is 17.0 Å². The Hall–Kier alpha value is -0.640. The molecule has 0 bridgehead atoms. The van der Waals surface area contributed by atoms with Crippen LogP contribution < -0.4 is 5.32 Å². The van der Waals surface area contributed by atoms with E-state index in [2.05, 4.69) is 38.1 Å². The lowest BCUT2D eigenvalue weighted by molar-refractivity contribution is 0.328. The van der Waals surface area contributed by atoms with Crippen LogP contribution in [0.3, 0.4) is 0 Å². The molecule has 0 spiro atoms. The van der Waals surface area contributed by atoms with Crippen molar-refractivity contribution in [2.75, 3.05) is 5.32 Å². The van der Waals surface area contributed by atoms with Crippen LogP contribution in [0.25, 0.3) is 0 Å². The van der Waals surface area contributed by atoms with Gasteiger partial charge in [-0.1, -0.05) is 19.3 Å². The summed E-state index contributed by atoms with van der Waals surface area (Å²) in [4.78, 5) is 8.21. The molecule has 4 heteroatoms. The summed E-state index contributed by atoms with van der Waals surface area (Å²) in [7, 11) is 0. The molecule has 1 fully saturated rings. The maximum absolute atomic E-state index is 4.24. The molecule has 1 aliphatic carbocycles. The van der Waals surface area contributed by atoms with Crippen LogP contribution in [-0.2, 0) is 0 Å². The molecule has 1 atom stereocenters. The molecule has 16 heavy (non-hydrogen) atoms. The molecule has 0 aromatic carbocycles. The summed E-state index contributed by atoms with van der Waals surface area (Å²) >= 11 is 3.46. The van der Waals surface area contributed by atoms with E-state index in [1.807, 2.05) is 0 Å². The van der Waals surface area contributed by atoms with Crippen molar-refractivity contribution >= 4 is 21.7 Å². The van der Waals surface area contributed by atoms with Gasteiger partial charge in [0.25, 0.3) is 0 Å². The minimum atomic E-state index is 0.492. The third kappa shape index (κ3) is 2.94. The van der Waals surface area contributed by atoms with E-state index < -0.39 is 0 Å². The van der Waals surface area contributed by atoms with Crippen molar-refractivity contribution in [1.29, 1.82) is 0 Å². The Bertz CT molecular complexity index is 337. The lowest BCUT2D eigenvalue weighted by atomic mass is 9.84. The minimum Gasteiger partial charge on any atom is -0.366 e. The smallest absolute Gasteiger partial charge is 0.143 e. The zero-order valence-corrected chi connectivity index (χ0v) is 11.2. The van der Waals surface area contributed by atoms with E-state index in [0.717, 1.165) is 16.2 Å². The fraction of sp³-hybridized carbons (Fsp3) is 0.667. The highest BCUT2D eigenvalue weighted by Gasteiger charge is 2.20. The van der Waals surface area contributed by atoms with Gasteiger partial charge in [0.15, 0.2) is 0 Å². The fourth-order valence-corrected chi connectivity index (χ4v) is 2.72. The summed E-state index contributed by atoms with van der Waals surface area (Å²) in [6.07, 6.45) is 10.2. The van der Waals surface area contributed by atoms with Crippen LogP contribution in [0.4, 0.5) is 5.82 Å². The van der Waals surface area contributed by atoms with Gasteiger partial charge in [-0.3, -0.25) is 0 Å². The second-order valence-electron chi connectivity index (χ2n) is 4.55. The van der Waals surface area contributed by atoms with Gasteiger partial charge in [0.2, 0.25) is 0 Å². The fourth-order valence-electron chi connectivity index (χ4n) is 2.39. The van der Waals surface area contributed by atoms with E-state index in [-0.39, 0.29) is 0 Å². The summed E-state index contributed by atoms with van der Waals surface area (Å²) in [6.45, 7) is 2.25. The molecule has 3 nitrogen and oxygen atoms in total. The lowest BCUT2D eigenvalue weighted by Crippen LogP contribution is -2.28. The van der Waals surface area contributed by atoms with Gasteiger partial charge in [-0.25, -0.2) is 9.97 Å². The lowest BCUT2D eigenvalue weighted by Gasteiger charge is -2.28. The van der Waals surface area contributed by atoms with Crippen molar-refractivity contribution in [3.05, 3.63) is 17.0 Å². The van der Waals surface area contributed by atoms with Gasteiger partial charge in [-0.15, -0.1) is 0 Å². The predicted octanol–water partition coefficient (Wildman–Crippen LogP) is 3.62. The quantitative estimate of drug-likeness (QED) is 0.921. The van der Waals surface area contributed by atoms with E-state index in [0.29, 0.717) is 6.04 Å². The third-order valence-corrected chi connectivity index (χ3v) is 3.97. The summed E-state index contributed by atoms with van der Waals surface area (Å²) in [6, 6.07) is 0.492. The summed E-state index contributed by atoms with van der Waals surface area (Å²) in [5, 5.41) is 3.48. The van der Waals surface area contributed by atoms with Gasteiger partial charge < -0.3 is 5.32 Å². The van der Waals surface area contributed by atoms with Crippen LogP contribution >= 0.6 is 15.9 Å². The highest BCUT2D eigenvalue weighted by atomic mass is 79.9. The second-order valence-corrected chi connectivity index (χ2v) is 5.40. The Labute approximate surface area is 105 Å². The van der Waals surface area contributed by atoms with Gasteiger partial charge in [-0.05, 0) is 41.6 Å². The molecular weight excluding hydrogens is 266 g/mol. The number of anilines is 1. The van der Waals surface area contributed by atoms with E-state index in [9.17, 15) is 0 Å². The summed E-state index contributed by atoms with van der Waals surface area (Å²) in [5.74, 6) is 1.70. The number of hydrogen-bond donors (Lipinski definition) is 1. The highest BCUT2D eigenvalue weighted by molar-refractivity contribution is 9.10. The predicted molar refractivity (Wildman–Crippen MR) is 69.4 cm³/mol. The zero-order chi connectivity index (χ0) is 11.4. The molecule has 0 radical (unpaired) electrons. The third-order valence-electron chi connectivity index (χ3n) is 3.39. The maximum atomic E-state index is 4.24. The number of halogens is 1. The second kappa shape index (κ2) is 5.62. The Kier molecular flexibility index (Phi) is 4.16. The number of rotatable bonds is 3. The van der Waals surface area contributed by atoms with Gasteiger partial charge in [0, 0.05) is 12.2 Å². The highest BCUT2D eigenvalue weighted by Crippen LogP contribution is 2.28. The van der Waals surface area contributed by atoms with Crippen molar-refractivity contribution in [2.24, 2.45) is 5.92 Å². The molecule has 88 valence electrons. The first-order valence-corrected chi connectivity index (χ1v) is 6.78. The molecule has 1 aromatic heterocycles. The number of hydrogen-bond acceptors (Lipinski definition) is 3. The molecule has 0 saturated heterocycles. The first-order chi connectivity index (χ1) is 7.77. The van der Waals surface area contributed by atoms with Gasteiger partial charge in [-0.2, -0.15) is 0 Å². The van der Waals surface area contributed by atoms with Gasteiger partial charge in [0.1, 0.15) is 12.1 Å². The van der Waals surface area contributed by atoms with E-state index in [4.69, 9.17) is 0 Å². The van der Waals surface area contributed by atoms with Gasteiger partial charge >= 0.3 is 0 Å².